The average Bonchev–Trinajstić information content (AvgIpc) is 2.84. The molecule has 4 rings (SSSR count). The molecule has 2 aromatic rings. The predicted octanol–water partition coefficient (Wildman–Crippen LogP) is 0.664. The van der Waals surface area contributed by atoms with E-state index in [1.807, 2.05) is 18.2 Å². The number of anilines is 1. The molecule has 0 saturated carbocycles. The summed E-state index contributed by atoms with van der Waals surface area (Å²) in [5.41, 5.74) is 0. The second kappa shape index (κ2) is 10.6. The number of benzene rings is 1. The first-order valence-electron chi connectivity index (χ1n) is 10.9. The Morgan fingerprint density at radius 3 is 2.38 bits per heavy atom. The summed E-state index contributed by atoms with van der Waals surface area (Å²) in [6, 6.07) is 12.3. The largest absolute Gasteiger partial charge is 0.491 e. The minimum Gasteiger partial charge on any atom is -0.491 e. The van der Waals surface area contributed by atoms with Gasteiger partial charge in [-0.3, -0.25) is 4.90 Å². The molecule has 174 valence electrons. The molecule has 2 aliphatic heterocycles. The van der Waals surface area contributed by atoms with Gasteiger partial charge in [0.25, 0.3) is 0 Å². The normalized spacial score (nSPS) is 19.6. The van der Waals surface area contributed by atoms with E-state index in [0.29, 0.717) is 38.6 Å². The summed E-state index contributed by atoms with van der Waals surface area (Å²) < 4.78 is 37.7. The number of piperazine rings is 1. The molecule has 1 aromatic carbocycles. The molecule has 0 unspecified atom stereocenters. The topological polar surface area (TPSA) is 95.4 Å². The van der Waals surface area contributed by atoms with Crippen LogP contribution in [0, 0.1) is 0 Å². The highest BCUT2D eigenvalue weighted by atomic mass is 32.2. The molecule has 32 heavy (non-hydrogen) atoms. The number of hydrogen-bond donors (Lipinski definition) is 1. The quantitative estimate of drug-likeness (QED) is 0.612. The van der Waals surface area contributed by atoms with Crippen LogP contribution in [0.4, 0.5) is 5.82 Å². The minimum atomic E-state index is -3.52. The van der Waals surface area contributed by atoms with Gasteiger partial charge >= 0.3 is 0 Å². The van der Waals surface area contributed by atoms with E-state index in [0.717, 1.165) is 32.0 Å². The number of β-amino-alcohol motifs (C(OH)–C–C–N with tert-alkyl or cyclic N) is 1. The number of nitrogens with zero attached hydrogens (tertiary/aromatic N) is 4. The maximum Gasteiger partial charge on any atom is 0.243 e. The van der Waals surface area contributed by atoms with Gasteiger partial charge in [0.05, 0.1) is 18.1 Å². The lowest BCUT2D eigenvalue weighted by Crippen LogP contribution is -2.49. The fraction of sp³-hybridized carbons (Fsp3) is 0.500. The van der Waals surface area contributed by atoms with Crippen LogP contribution in [0.5, 0.6) is 5.75 Å². The molecule has 10 heteroatoms. The number of sulfonamides is 1. The molecule has 0 radical (unpaired) electrons. The van der Waals surface area contributed by atoms with Crippen LogP contribution in [-0.4, -0.2) is 99.5 Å². The molecule has 9 nitrogen and oxygen atoms in total. The third-order valence-electron chi connectivity index (χ3n) is 5.69. The predicted molar refractivity (Wildman–Crippen MR) is 120 cm³/mol. The van der Waals surface area contributed by atoms with E-state index in [1.54, 1.807) is 30.5 Å². The molecule has 1 aromatic heterocycles. The third-order valence-corrected chi connectivity index (χ3v) is 7.60. The maximum absolute atomic E-state index is 12.7. The van der Waals surface area contributed by atoms with Crippen molar-refractivity contribution >= 4 is 15.8 Å². The van der Waals surface area contributed by atoms with E-state index in [2.05, 4.69) is 14.8 Å². The molecule has 2 saturated heterocycles. The van der Waals surface area contributed by atoms with Crippen molar-refractivity contribution in [2.45, 2.75) is 11.0 Å². The van der Waals surface area contributed by atoms with Crippen LogP contribution >= 0.6 is 0 Å². The minimum absolute atomic E-state index is 0.149. The molecule has 0 aliphatic carbocycles. The highest BCUT2D eigenvalue weighted by Gasteiger charge is 2.26. The first kappa shape index (κ1) is 22.9. The summed E-state index contributed by atoms with van der Waals surface area (Å²) in [6.45, 7) is 5.66. The van der Waals surface area contributed by atoms with Gasteiger partial charge in [0, 0.05) is 52.0 Å². The highest BCUT2D eigenvalue weighted by molar-refractivity contribution is 7.89. The Hall–Kier alpha value is -2.24. The summed E-state index contributed by atoms with van der Waals surface area (Å²) in [5, 5.41) is 10.4. The van der Waals surface area contributed by atoms with E-state index < -0.39 is 16.1 Å². The first-order chi connectivity index (χ1) is 15.5. The fourth-order valence-electron chi connectivity index (χ4n) is 3.89. The van der Waals surface area contributed by atoms with Gasteiger partial charge < -0.3 is 19.5 Å². The van der Waals surface area contributed by atoms with Crippen molar-refractivity contribution in [1.82, 2.24) is 14.2 Å². The Bertz CT molecular complexity index is 944. The number of rotatable bonds is 8. The number of pyridine rings is 1. The van der Waals surface area contributed by atoms with E-state index in [1.165, 1.54) is 4.31 Å². The van der Waals surface area contributed by atoms with E-state index >= 15 is 0 Å². The van der Waals surface area contributed by atoms with Gasteiger partial charge in [0.2, 0.25) is 10.0 Å². The monoisotopic (exact) mass is 462 g/mol. The van der Waals surface area contributed by atoms with E-state index in [9.17, 15) is 13.5 Å². The molecule has 0 amide bonds. The number of aliphatic hydroxyl groups is 1. The van der Waals surface area contributed by atoms with Crippen LogP contribution in [0.15, 0.2) is 53.6 Å². The van der Waals surface area contributed by atoms with Crippen molar-refractivity contribution in [3.05, 3.63) is 48.7 Å². The highest BCUT2D eigenvalue weighted by Crippen LogP contribution is 2.21. The zero-order chi connectivity index (χ0) is 22.4. The van der Waals surface area contributed by atoms with Crippen molar-refractivity contribution in [3.63, 3.8) is 0 Å². The van der Waals surface area contributed by atoms with E-state index in [4.69, 9.17) is 9.47 Å². The van der Waals surface area contributed by atoms with Crippen LogP contribution in [0.1, 0.15) is 0 Å². The molecular weight excluding hydrogens is 432 g/mol. The lowest BCUT2D eigenvalue weighted by Gasteiger charge is -2.36. The van der Waals surface area contributed by atoms with Crippen LogP contribution < -0.4 is 9.64 Å². The zero-order valence-electron chi connectivity index (χ0n) is 18.0. The summed E-state index contributed by atoms with van der Waals surface area (Å²) in [6.07, 6.45) is 1.17. The lowest BCUT2D eigenvalue weighted by atomic mass is 10.2. The van der Waals surface area contributed by atoms with Gasteiger partial charge in [-0.15, -0.1) is 0 Å². The fourth-order valence-corrected chi connectivity index (χ4v) is 5.30. The molecular formula is C22H30N4O5S. The Kier molecular flexibility index (Phi) is 7.59. The van der Waals surface area contributed by atoms with Crippen molar-refractivity contribution in [2.24, 2.45) is 0 Å². The van der Waals surface area contributed by atoms with Gasteiger partial charge in [-0.05, 0) is 36.4 Å². The van der Waals surface area contributed by atoms with Crippen LogP contribution in [0.2, 0.25) is 0 Å². The number of aliphatic hydroxyl groups excluding tert-OH is 1. The number of hydrogen-bond acceptors (Lipinski definition) is 8. The summed E-state index contributed by atoms with van der Waals surface area (Å²) in [5.74, 6) is 1.51. The molecule has 3 heterocycles. The molecule has 0 bridgehead atoms. The van der Waals surface area contributed by atoms with Crippen molar-refractivity contribution in [3.8, 4) is 5.75 Å². The first-order valence-corrected chi connectivity index (χ1v) is 12.3. The van der Waals surface area contributed by atoms with E-state index in [-0.39, 0.29) is 11.5 Å². The second-order valence-electron chi connectivity index (χ2n) is 7.93. The van der Waals surface area contributed by atoms with Gasteiger partial charge in [0.1, 0.15) is 24.3 Å². The molecule has 1 atom stereocenters. The van der Waals surface area contributed by atoms with Crippen LogP contribution in [-0.2, 0) is 14.8 Å². The van der Waals surface area contributed by atoms with Gasteiger partial charge in [-0.25, -0.2) is 13.4 Å². The Morgan fingerprint density at radius 2 is 1.72 bits per heavy atom. The third kappa shape index (κ3) is 5.76. The Balaban J connectivity index is 1.22. The van der Waals surface area contributed by atoms with Gasteiger partial charge in [-0.1, -0.05) is 6.07 Å². The molecule has 2 aliphatic rings. The molecule has 2 fully saturated rings. The SMILES string of the molecule is O=S(=O)(c1ccc(OC[C@@H](O)CN2CCN(c3ccccn3)CC2)cc1)N1CCOCC1. The number of morpholine rings is 1. The summed E-state index contributed by atoms with van der Waals surface area (Å²) in [4.78, 5) is 9.08. The summed E-state index contributed by atoms with van der Waals surface area (Å²) >= 11 is 0. The lowest BCUT2D eigenvalue weighted by molar-refractivity contribution is 0.0662. The van der Waals surface area contributed by atoms with Gasteiger partial charge in [-0.2, -0.15) is 4.31 Å². The molecule has 1 N–H and O–H groups in total. The second-order valence-corrected chi connectivity index (χ2v) is 9.87. The maximum atomic E-state index is 12.7. The summed E-state index contributed by atoms with van der Waals surface area (Å²) in [7, 11) is -3.52. The Labute approximate surface area is 189 Å². The van der Waals surface area contributed by atoms with Crippen LogP contribution in [0.25, 0.3) is 0 Å². The molecule has 0 spiro atoms. The smallest absolute Gasteiger partial charge is 0.243 e. The van der Waals surface area contributed by atoms with Crippen LogP contribution in [0.3, 0.4) is 0 Å². The number of aromatic nitrogens is 1. The Morgan fingerprint density at radius 1 is 1.00 bits per heavy atom. The van der Waals surface area contributed by atoms with Gasteiger partial charge in [0.15, 0.2) is 0 Å². The standard InChI is InChI=1S/C22H30N4O5S/c27-19(17-24-9-11-25(12-10-24)22-3-1-2-8-23-22)18-31-20-4-6-21(7-5-20)32(28,29)26-13-15-30-16-14-26/h1-8,19,27H,9-18H2/t19-/m0/s1. The van der Waals surface area contributed by atoms with Crippen molar-refractivity contribution < 1.29 is 23.0 Å². The average molecular weight is 463 g/mol. The zero-order valence-corrected chi connectivity index (χ0v) is 18.9. The number of ether oxygens (including phenoxy) is 2. The van der Waals surface area contributed by atoms with Crippen molar-refractivity contribution in [1.29, 1.82) is 0 Å². The van der Waals surface area contributed by atoms with Crippen molar-refractivity contribution in [2.75, 3.05) is 70.5 Å².